The van der Waals surface area contributed by atoms with E-state index in [1.54, 1.807) is 0 Å². The molecule has 0 spiro atoms. The number of rotatable bonds is 2. The lowest BCUT2D eigenvalue weighted by Crippen LogP contribution is -2.64. The third-order valence-corrected chi connectivity index (χ3v) is 0.713. The standard InChI is InChI=1S/C5H7NO2/c1-2-3-4(6)5(7)8/h1,4H,3,6H2,(H,7,8)/p+1. The lowest BCUT2D eigenvalue weighted by Gasteiger charge is -1.93. The molecule has 0 rings (SSSR count). The van der Waals surface area contributed by atoms with Crippen molar-refractivity contribution in [3.63, 3.8) is 0 Å². The smallest absolute Gasteiger partial charge is 0.363 e. The lowest BCUT2D eigenvalue weighted by atomic mass is 10.2. The van der Waals surface area contributed by atoms with E-state index < -0.39 is 12.0 Å². The molecule has 0 saturated heterocycles. The highest BCUT2D eigenvalue weighted by atomic mass is 16.4. The zero-order valence-electron chi connectivity index (χ0n) is 4.42. The predicted molar refractivity (Wildman–Crippen MR) is 27.8 cm³/mol. The SMILES string of the molecule is C#CCC([NH3+])C(=O)O. The van der Waals surface area contributed by atoms with Gasteiger partial charge in [-0.25, -0.2) is 4.79 Å². The van der Waals surface area contributed by atoms with Gasteiger partial charge >= 0.3 is 5.97 Å². The van der Waals surface area contributed by atoms with Gasteiger partial charge in [-0.2, -0.15) is 0 Å². The van der Waals surface area contributed by atoms with Gasteiger partial charge in [0.05, 0.1) is 6.42 Å². The minimum Gasteiger partial charge on any atom is -0.477 e. The van der Waals surface area contributed by atoms with Gasteiger partial charge < -0.3 is 10.8 Å². The molecule has 44 valence electrons. The largest absolute Gasteiger partial charge is 0.477 e. The fraction of sp³-hybridized carbons (Fsp3) is 0.400. The van der Waals surface area contributed by atoms with Crippen LogP contribution >= 0.6 is 0 Å². The molecule has 0 aromatic rings. The van der Waals surface area contributed by atoms with Crippen molar-refractivity contribution >= 4 is 5.97 Å². The first-order chi connectivity index (χ1) is 3.68. The molecule has 0 aromatic heterocycles. The van der Waals surface area contributed by atoms with Crippen LogP contribution in [0.1, 0.15) is 6.42 Å². The van der Waals surface area contributed by atoms with Gasteiger partial charge in [0.25, 0.3) is 0 Å². The van der Waals surface area contributed by atoms with E-state index in [9.17, 15) is 4.79 Å². The van der Waals surface area contributed by atoms with Gasteiger partial charge in [-0.1, -0.05) is 5.92 Å². The van der Waals surface area contributed by atoms with E-state index in [1.807, 2.05) is 0 Å². The van der Waals surface area contributed by atoms with Crippen LogP contribution in [0.25, 0.3) is 0 Å². The van der Waals surface area contributed by atoms with Gasteiger partial charge in [0.1, 0.15) is 0 Å². The van der Waals surface area contributed by atoms with E-state index in [4.69, 9.17) is 11.5 Å². The molecule has 0 aromatic carbocycles. The monoisotopic (exact) mass is 114 g/mol. The Morgan fingerprint density at radius 3 is 2.62 bits per heavy atom. The summed E-state index contributed by atoms with van der Waals surface area (Å²) in [5, 5.41) is 8.16. The van der Waals surface area contributed by atoms with Crippen molar-refractivity contribution in [3.05, 3.63) is 0 Å². The number of hydrogen-bond acceptors (Lipinski definition) is 1. The van der Waals surface area contributed by atoms with E-state index in [2.05, 4.69) is 11.7 Å². The maximum Gasteiger partial charge on any atom is 0.363 e. The molecule has 4 N–H and O–H groups in total. The molecule has 0 radical (unpaired) electrons. The molecule has 0 aliphatic carbocycles. The molecular weight excluding hydrogens is 106 g/mol. The van der Waals surface area contributed by atoms with Crippen LogP contribution in [0.4, 0.5) is 0 Å². The van der Waals surface area contributed by atoms with Crippen LogP contribution in [0, 0.1) is 12.3 Å². The fourth-order valence-corrected chi connectivity index (χ4v) is 0.230. The van der Waals surface area contributed by atoms with Crippen molar-refractivity contribution in [1.29, 1.82) is 0 Å². The first-order valence-corrected chi connectivity index (χ1v) is 2.18. The number of hydrogen-bond donors (Lipinski definition) is 2. The summed E-state index contributed by atoms with van der Waals surface area (Å²) >= 11 is 0. The number of carboxylic acids is 1. The van der Waals surface area contributed by atoms with Crippen molar-refractivity contribution in [3.8, 4) is 12.3 Å². The third kappa shape index (κ3) is 2.21. The van der Waals surface area contributed by atoms with Gasteiger partial charge in [0.2, 0.25) is 0 Å². The molecule has 0 saturated carbocycles. The van der Waals surface area contributed by atoms with E-state index in [1.165, 1.54) is 0 Å². The van der Waals surface area contributed by atoms with E-state index in [0.717, 1.165) is 0 Å². The highest BCUT2D eigenvalue weighted by Gasteiger charge is 2.11. The summed E-state index contributed by atoms with van der Waals surface area (Å²) < 4.78 is 0. The Morgan fingerprint density at radius 2 is 2.50 bits per heavy atom. The summed E-state index contributed by atoms with van der Waals surface area (Å²) in [7, 11) is 0. The van der Waals surface area contributed by atoms with Gasteiger partial charge in [-0.05, 0) is 0 Å². The Bertz CT molecular complexity index is 125. The van der Waals surface area contributed by atoms with Gasteiger partial charge in [-0.15, -0.1) is 6.42 Å². The number of aliphatic carboxylic acids is 1. The van der Waals surface area contributed by atoms with Crippen LogP contribution in [-0.2, 0) is 4.79 Å². The second kappa shape index (κ2) is 3.05. The molecule has 0 aliphatic rings. The second-order valence-electron chi connectivity index (χ2n) is 1.44. The molecule has 0 bridgehead atoms. The molecule has 0 fully saturated rings. The summed E-state index contributed by atoms with van der Waals surface area (Å²) in [6.45, 7) is 0. The quantitative estimate of drug-likeness (QED) is 0.438. The predicted octanol–water partition coefficient (Wildman–Crippen LogP) is -1.30. The number of quaternary nitrogens is 1. The van der Waals surface area contributed by atoms with E-state index in [0.29, 0.717) is 0 Å². The highest BCUT2D eigenvalue weighted by Crippen LogP contribution is 1.79. The molecule has 0 heterocycles. The van der Waals surface area contributed by atoms with Crippen LogP contribution in [0.5, 0.6) is 0 Å². The van der Waals surface area contributed by atoms with Crippen molar-refractivity contribution in [2.45, 2.75) is 12.5 Å². The summed E-state index contributed by atoms with van der Waals surface area (Å²) in [5.41, 5.74) is 3.29. The first-order valence-electron chi connectivity index (χ1n) is 2.18. The zero-order chi connectivity index (χ0) is 6.57. The maximum absolute atomic E-state index is 9.93. The Morgan fingerprint density at radius 1 is 2.00 bits per heavy atom. The number of terminal acetylenes is 1. The molecule has 0 amide bonds. The summed E-state index contributed by atoms with van der Waals surface area (Å²) in [6, 6.07) is -0.653. The van der Waals surface area contributed by atoms with Crippen molar-refractivity contribution in [1.82, 2.24) is 0 Å². The molecule has 1 atom stereocenters. The Balaban J connectivity index is 3.52. The van der Waals surface area contributed by atoms with E-state index >= 15 is 0 Å². The molecule has 3 heteroatoms. The molecule has 0 aliphatic heterocycles. The third-order valence-electron chi connectivity index (χ3n) is 0.713. The fourth-order valence-electron chi connectivity index (χ4n) is 0.230. The van der Waals surface area contributed by atoms with Crippen molar-refractivity contribution < 1.29 is 15.6 Å². The van der Waals surface area contributed by atoms with Gasteiger partial charge in [0, 0.05) is 0 Å². The minimum atomic E-state index is -0.942. The number of carboxylic acid groups (broad SMARTS) is 1. The number of carbonyl (C=O) groups is 1. The molecular formula is C5H8NO2+. The minimum absolute atomic E-state index is 0.204. The normalized spacial score (nSPS) is 12.0. The molecule has 1 unspecified atom stereocenters. The van der Waals surface area contributed by atoms with E-state index in [-0.39, 0.29) is 6.42 Å². The molecule has 8 heavy (non-hydrogen) atoms. The van der Waals surface area contributed by atoms with Crippen molar-refractivity contribution in [2.24, 2.45) is 0 Å². The van der Waals surface area contributed by atoms with Crippen LogP contribution in [0.2, 0.25) is 0 Å². The summed E-state index contributed by atoms with van der Waals surface area (Å²) in [5.74, 6) is 1.26. The second-order valence-corrected chi connectivity index (χ2v) is 1.44. The average molecular weight is 114 g/mol. The summed E-state index contributed by atoms with van der Waals surface area (Å²) in [6.07, 6.45) is 5.02. The Kier molecular flexibility index (Phi) is 2.67. The first kappa shape index (κ1) is 6.99. The van der Waals surface area contributed by atoms with Crippen LogP contribution in [0.15, 0.2) is 0 Å². The summed E-state index contributed by atoms with van der Waals surface area (Å²) in [4.78, 5) is 9.93. The maximum atomic E-state index is 9.93. The van der Waals surface area contributed by atoms with Crippen LogP contribution in [0.3, 0.4) is 0 Å². The topological polar surface area (TPSA) is 64.9 Å². The highest BCUT2D eigenvalue weighted by molar-refractivity contribution is 5.71. The van der Waals surface area contributed by atoms with Crippen LogP contribution in [-0.4, -0.2) is 17.1 Å². The van der Waals surface area contributed by atoms with Gasteiger partial charge in [0.15, 0.2) is 6.04 Å². The Labute approximate surface area is 47.5 Å². The average Bonchev–Trinajstić information content (AvgIpc) is 1.67. The molecule has 3 nitrogen and oxygen atoms in total. The Hall–Kier alpha value is -1.01. The lowest BCUT2D eigenvalue weighted by molar-refractivity contribution is -0.406. The zero-order valence-corrected chi connectivity index (χ0v) is 4.42. The van der Waals surface area contributed by atoms with Crippen LogP contribution < -0.4 is 5.73 Å². The van der Waals surface area contributed by atoms with Crippen molar-refractivity contribution in [2.75, 3.05) is 0 Å². The van der Waals surface area contributed by atoms with Gasteiger partial charge in [-0.3, -0.25) is 0 Å².